The van der Waals surface area contributed by atoms with Gasteiger partial charge in [0.2, 0.25) is 0 Å². The van der Waals surface area contributed by atoms with Crippen LogP contribution in [-0.2, 0) is 5.54 Å². The maximum Gasteiger partial charge on any atom is 0.253 e. The van der Waals surface area contributed by atoms with Crippen LogP contribution in [-0.4, -0.2) is 41.9 Å². The monoisotopic (exact) mass is 532 g/mol. The minimum Gasteiger partial charge on any atom is -0.338 e. The molecule has 0 radical (unpaired) electrons. The lowest BCUT2D eigenvalue weighted by Crippen LogP contribution is -2.57. The molecule has 2 aliphatic rings. The lowest BCUT2D eigenvalue weighted by atomic mass is 9.64. The zero-order valence-electron chi connectivity index (χ0n) is 21.3. The molecule has 0 aliphatic carbocycles. The molecule has 0 N–H and O–H groups in total. The van der Waals surface area contributed by atoms with E-state index in [1.807, 2.05) is 47.4 Å². The van der Waals surface area contributed by atoms with Gasteiger partial charge in [0.05, 0.1) is 10.0 Å². The van der Waals surface area contributed by atoms with E-state index >= 15 is 0 Å². The smallest absolute Gasteiger partial charge is 0.253 e. The van der Waals surface area contributed by atoms with Gasteiger partial charge in [-0.15, -0.1) is 0 Å². The minimum atomic E-state index is -0.162. The molecule has 37 heavy (non-hydrogen) atoms. The Morgan fingerprint density at radius 1 is 0.919 bits per heavy atom. The van der Waals surface area contributed by atoms with Crippen molar-refractivity contribution in [3.05, 3.63) is 118 Å². The van der Waals surface area contributed by atoms with Crippen LogP contribution in [0.2, 0.25) is 10.0 Å². The number of halogens is 2. The van der Waals surface area contributed by atoms with Gasteiger partial charge in [-0.1, -0.05) is 96.9 Å². The molecule has 2 aliphatic heterocycles. The van der Waals surface area contributed by atoms with Crippen molar-refractivity contribution in [3.63, 3.8) is 0 Å². The van der Waals surface area contributed by atoms with E-state index in [1.54, 1.807) is 0 Å². The first kappa shape index (κ1) is 26.0. The molecule has 5 heteroatoms. The number of hydrogen-bond donors (Lipinski definition) is 0. The summed E-state index contributed by atoms with van der Waals surface area (Å²) < 4.78 is 0. The zero-order valence-corrected chi connectivity index (χ0v) is 22.8. The third-order valence-corrected chi connectivity index (χ3v) is 9.08. The Morgan fingerprint density at radius 3 is 2.30 bits per heavy atom. The lowest BCUT2D eigenvalue weighted by molar-refractivity contribution is -0.0118. The first-order valence-corrected chi connectivity index (χ1v) is 14.0. The second-order valence-electron chi connectivity index (χ2n) is 10.1. The van der Waals surface area contributed by atoms with E-state index in [9.17, 15) is 4.79 Å². The minimum absolute atomic E-state index is 0.0897. The van der Waals surface area contributed by atoms with Crippen LogP contribution in [0.1, 0.15) is 53.6 Å². The number of benzene rings is 3. The maximum absolute atomic E-state index is 13.6. The molecule has 3 aromatic rings. The van der Waals surface area contributed by atoms with E-state index < -0.39 is 0 Å². The van der Waals surface area contributed by atoms with Crippen molar-refractivity contribution in [2.45, 2.75) is 37.6 Å². The third kappa shape index (κ3) is 5.10. The van der Waals surface area contributed by atoms with Gasteiger partial charge in [-0.25, -0.2) is 0 Å². The standard InChI is InChI=1S/C32H34Cl2N2O/c1-2-32(26-14-8-4-9-15-26,36-19-10-5-11-20-36)28-18-21-35(31(37)24-12-6-3-7-13-24)23-27(28)25-16-17-29(33)30(34)22-25/h3-10,12-17,22,27-28H,2,11,18-21,23H2,1H3. The molecular weight excluding hydrogens is 499 g/mol. The predicted molar refractivity (Wildman–Crippen MR) is 153 cm³/mol. The van der Waals surface area contributed by atoms with E-state index in [4.69, 9.17) is 23.2 Å². The Balaban J connectivity index is 1.60. The molecule has 3 atom stereocenters. The molecule has 1 fully saturated rings. The molecule has 0 bridgehead atoms. The fourth-order valence-corrected chi connectivity index (χ4v) is 6.91. The van der Waals surface area contributed by atoms with Gasteiger partial charge in [-0.3, -0.25) is 9.69 Å². The molecule has 3 nitrogen and oxygen atoms in total. The molecule has 3 unspecified atom stereocenters. The average Bonchev–Trinajstić information content (AvgIpc) is 2.96. The number of hydrogen-bond acceptors (Lipinski definition) is 2. The SMILES string of the molecule is CCC(c1ccccc1)(C1CCN(C(=O)c2ccccc2)CC1c1ccc(Cl)c(Cl)c1)N1CC=CCC1. The second-order valence-corrected chi connectivity index (χ2v) is 11.0. The Morgan fingerprint density at radius 2 is 1.65 bits per heavy atom. The Hall–Kier alpha value is -2.59. The molecule has 192 valence electrons. The first-order valence-electron chi connectivity index (χ1n) is 13.3. The summed E-state index contributed by atoms with van der Waals surface area (Å²) in [5.74, 6) is 0.498. The molecular formula is C32H34Cl2N2O. The first-order chi connectivity index (χ1) is 18.0. The van der Waals surface area contributed by atoms with Crippen molar-refractivity contribution in [2.24, 2.45) is 5.92 Å². The summed E-state index contributed by atoms with van der Waals surface area (Å²) in [6.45, 7) is 5.65. The van der Waals surface area contributed by atoms with Gasteiger partial charge in [0, 0.05) is 43.2 Å². The molecule has 0 aromatic heterocycles. The highest BCUT2D eigenvalue weighted by Gasteiger charge is 2.49. The van der Waals surface area contributed by atoms with Crippen molar-refractivity contribution in [1.82, 2.24) is 9.80 Å². The largest absolute Gasteiger partial charge is 0.338 e. The number of rotatable bonds is 6. The van der Waals surface area contributed by atoms with Crippen LogP contribution in [0, 0.1) is 5.92 Å². The van der Waals surface area contributed by atoms with Crippen molar-refractivity contribution in [1.29, 1.82) is 0 Å². The topological polar surface area (TPSA) is 23.6 Å². The van der Waals surface area contributed by atoms with Crippen molar-refractivity contribution < 1.29 is 4.79 Å². The third-order valence-electron chi connectivity index (χ3n) is 8.34. The maximum atomic E-state index is 13.6. The molecule has 0 spiro atoms. The fourth-order valence-electron chi connectivity index (χ4n) is 6.60. The van der Waals surface area contributed by atoms with Gasteiger partial charge >= 0.3 is 0 Å². The number of likely N-dealkylation sites (tertiary alicyclic amines) is 1. The summed E-state index contributed by atoms with van der Waals surface area (Å²) in [7, 11) is 0. The van der Waals surface area contributed by atoms with Gasteiger partial charge in [0.1, 0.15) is 0 Å². The molecule has 3 aromatic carbocycles. The number of nitrogens with zero attached hydrogens (tertiary/aromatic N) is 2. The van der Waals surface area contributed by atoms with E-state index in [-0.39, 0.29) is 17.4 Å². The van der Waals surface area contributed by atoms with Crippen LogP contribution in [0.25, 0.3) is 0 Å². The van der Waals surface area contributed by atoms with Crippen molar-refractivity contribution in [3.8, 4) is 0 Å². The Kier molecular flexibility index (Phi) is 8.04. The van der Waals surface area contributed by atoms with E-state index in [2.05, 4.69) is 60.4 Å². The fraction of sp³-hybridized carbons (Fsp3) is 0.344. The highest BCUT2D eigenvalue weighted by molar-refractivity contribution is 6.42. The number of amides is 1. The van der Waals surface area contributed by atoms with Crippen LogP contribution in [0.4, 0.5) is 0 Å². The highest BCUT2D eigenvalue weighted by atomic mass is 35.5. The predicted octanol–water partition coefficient (Wildman–Crippen LogP) is 7.81. The van der Waals surface area contributed by atoms with Gasteiger partial charge in [-0.2, -0.15) is 0 Å². The van der Waals surface area contributed by atoms with Crippen LogP contribution in [0.3, 0.4) is 0 Å². The van der Waals surface area contributed by atoms with E-state index in [0.29, 0.717) is 22.5 Å². The van der Waals surface area contributed by atoms with E-state index in [0.717, 1.165) is 50.0 Å². The molecule has 0 saturated carbocycles. The van der Waals surface area contributed by atoms with Crippen LogP contribution in [0.15, 0.2) is 91.0 Å². The summed E-state index contributed by atoms with van der Waals surface area (Å²) in [4.78, 5) is 18.3. The Bertz CT molecular complexity index is 1250. The number of piperidine rings is 1. The van der Waals surface area contributed by atoms with Gasteiger partial charge < -0.3 is 4.90 Å². The highest BCUT2D eigenvalue weighted by Crippen LogP contribution is 2.50. The van der Waals surface area contributed by atoms with E-state index in [1.165, 1.54) is 5.56 Å². The van der Waals surface area contributed by atoms with Crippen LogP contribution in [0.5, 0.6) is 0 Å². The molecule has 2 heterocycles. The van der Waals surface area contributed by atoms with Gasteiger partial charge in [-0.05, 0) is 60.6 Å². The second kappa shape index (κ2) is 11.4. The normalized spacial score (nSPS) is 22.0. The molecule has 5 rings (SSSR count). The summed E-state index contributed by atoms with van der Waals surface area (Å²) in [6, 6.07) is 26.6. The summed E-state index contributed by atoms with van der Waals surface area (Å²) in [6.07, 6.45) is 7.54. The number of carbonyl (C=O) groups excluding carboxylic acids is 1. The van der Waals surface area contributed by atoms with Crippen LogP contribution >= 0.6 is 23.2 Å². The average molecular weight is 534 g/mol. The Labute approximate surface area is 230 Å². The van der Waals surface area contributed by atoms with Crippen molar-refractivity contribution in [2.75, 3.05) is 26.2 Å². The summed E-state index contributed by atoms with van der Waals surface area (Å²) >= 11 is 12.9. The number of carbonyl (C=O) groups is 1. The summed E-state index contributed by atoms with van der Waals surface area (Å²) in [5, 5.41) is 1.12. The molecule has 1 saturated heterocycles. The quantitative estimate of drug-likeness (QED) is 0.302. The summed E-state index contributed by atoms with van der Waals surface area (Å²) in [5.41, 5.74) is 3.07. The lowest BCUT2D eigenvalue weighted by Gasteiger charge is -2.55. The molecule has 1 amide bonds. The van der Waals surface area contributed by atoms with Crippen LogP contribution < -0.4 is 0 Å². The van der Waals surface area contributed by atoms with Gasteiger partial charge in [0.25, 0.3) is 5.91 Å². The zero-order chi connectivity index (χ0) is 25.8. The van der Waals surface area contributed by atoms with Crippen molar-refractivity contribution >= 4 is 29.1 Å². The van der Waals surface area contributed by atoms with Gasteiger partial charge in [0.15, 0.2) is 0 Å².